The minimum atomic E-state index is -3.61. The van der Waals surface area contributed by atoms with Crippen molar-refractivity contribution in [1.29, 1.82) is 0 Å². The minimum Gasteiger partial charge on any atom is -0.280 e. The topological polar surface area (TPSA) is 64.0 Å². The molecule has 1 aromatic heterocycles. The van der Waals surface area contributed by atoms with Gasteiger partial charge in [-0.3, -0.25) is 9.40 Å². The van der Waals surface area contributed by atoms with Crippen LogP contribution in [0.1, 0.15) is 35.9 Å². The summed E-state index contributed by atoms with van der Waals surface area (Å²) in [5, 5.41) is 4.46. The molecule has 0 saturated carbocycles. The number of nitrogens with one attached hydrogen (secondary N) is 1. The third-order valence-corrected chi connectivity index (χ3v) is 5.78. The van der Waals surface area contributed by atoms with Crippen molar-refractivity contribution in [3.05, 3.63) is 77.1 Å². The Balaban J connectivity index is 1.77. The largest absolute Gasteiger partial charge is 0.280 e. The fourth-order valence-corrected chi connectivity index (χ4v) is 4.13. The number of hydrogen-bond acceptors (Lipinski definition) is 3. The molecular formula is C21H25N3O2S. The average molecular weight is 384 g/mol. The van der Waals surface area contributed by atoms with Gasteiger partial charge in [0, 0.05) is 11.4 Å². The number of benzene rings is 2. The van der Waals surface area contributed by atoms with Crippen molar-refractivity contribution in [3.63, 3.8) is 0 Å². The van der Waals surface area contributed by atoms with E-state index >= 15 is 0 Å². The number of sulfonamides is 1. The maximum Gasteiger partial charge on any atom is 0.261 e. The highest BCUT2D eigenvalue weighted by Crippen LogP contribution is 2.19. The lowest BCUT2D eigenvalue weighted by molar-refractivity contribution is 0.601. The fraction of sp³-hybridized carbons (Fsp3) is 0.286. The Labute approximate surface area is 161 Å². The van der Waals surface area contributed by atoms with Gasteiger partial charge in [-0.2, -0.15) is 5.10 Å². The molecule has 3 rings (SSSR count). The van der Waals surface area contributed by atoms with Crippen molar-refractivity contribution < 1.29 is 8.42 Å². The van der Waals surface area contributed by atoms with Gasteiger partial charge in [0.1, 0.15) is 0 Å². The molecule has 3 aromatic rings. The van der Waals surface area contributed by atoms with E-state index in [1.165, 1.54) is 0 Å². The normalized spacial score (nSPS) is 11.5. The van der Waals surface area contributed by atoms with Crippen LogP contribution in [0.5, 0.6) is 0 Å². The second-order valence-corrected chi connectivity index (χ2v) is 8.47. The monoisotopic (exact) mass is 383 g/mol. The first kappa shape index (κ1) is 19.2. The van der Waals surface area contributed by atoms with Crippen LogP contribution in [0.2, 0.25) is 0 Å². The van der Waals surface area contributed by atoms with Crippen LogP contribution in [0.25, 0.3) is 0 Å². The van der Waals surface area contributed by atoms with Gasteiger partial charge in [0.15, 0.2) is 0 Å². The van der Waals surface area contributed by atoms with Crippen molar-refractivity contribution in [1.82, 2.24) is 9.78 Å². The standard InChI is InChI=1S/C21H25N3O2S/c1-4-6-18-9-11-21(12-10-18)27(25,26)23-20-8-5-7-19(14-20)15-24-17(3)13-16(2)22-24/h5,7-14,23H,4,6,15H2,1-3H3. The molecule has 0 atom stereocenters. The Morgan fingerprint density at radius 2 is 1.74 bits per heavy atom. The molecule has 5 nitrogen and oxygen atoms in total. The summed E-state index contributed by atoms with van der Waals surface area (Å²) in [7, 11) is -3.61. The Kier molecular flexibility index (Phi) is 5.65. The van der Waals surface area contributed by atoms with Crippen LogP contribution in [0, 0.1) is 13.8 Å². The van der Waals surface area contributed by atoms with Gasteiger partial charge in [-0.05, 0) is 61.7 Å². The van der Waals surface area contributed by atoms with Gasteiger partial charge in [-0.25, -0.2) is 8.42 Å². The van der Waals surface area contributed by atoms with E-state index in [1.807, 2.05) is 54.9 Å². The molecule has 0 radical (unpaired) electrons. The summed E-state index contributed by atoms with van der Waals surface area (Å²) in [5.41, 5.74) is 4.72. The molecule has 0 aliphatic carbocycles. The molecule has 1 heterocycles. The molecule has 0 unspecified atom stereocenters. The summed E-state index contributed by atoms with van der Waals surface area (Å²) >= 11 is 0. The molecule has 27 heavy (non-hydrogen) atoms. The molecule has 142 valence electrons. The average Bonchev–Trinajstić information content (AvgIpc) is 2.93. The third kappa shape index (κ3) is 4.77. The van der Waals surface area contributed by atoms with Crippen LogP contribution in [-0.4, -0.2) is 18.2 Å². The molecule has 6 heteroatoms. The first-order valence-electron chi connectivity index (χ1n) is 9.09. The zero-order valence-corrected chi connectivity index (χ0v) is 16.8. The van der Waals surface area contributed by atoms with Crippen LogP contribution in [-0.2, 0) is 23.0 Å². The van der Waals surface area contributed by atoms with Crippen LogP contribution in [0.4, 0.5) is 5.69 Å². The highest BCUT2D eigenvalue weighted by atomic mass is 32.2. The molecule has 2 aromatic carbocycles. The molecule has 0 bridgehead atoms. The summed E-state index contributed by atoms with van der Waals surface area (Å²) in [5.74, 6) is 0. The van der Waals surface area contributed by atoms with E-state index in [1.54, 1.807) is 18.2 Å². The summed E-state index contributed by atoms with van der Waals surface area (Å²) in [4.78, 5) is 0.270. The summed E-state index contributed by atoms with van der Waals surface area (Å²) in [6.07, 6.45) is 1.98. The van der Waals surface area contributed by atoms with E-state index in [4.69, 9.17) is 0 Å². The Morgan fingerprint density at radius 1 is 1.00 bits per heavy atom. The fourth-order valence-electron chi connectivity index (χ4n) is 3.08. The smallest absolute Gasteiger partial charge is 0.261 e. The number of rotatable bonds is 7. The highest BCUT2D eigenvalue weighted by molar-refractivity contribution is 7.92. The van der Waals surface area contributed by atoms with Crippen molar-refractivity contribution in [3.8, 4) is 0 Å². The van der Waals surface area contributed by atoms with Crippen molar-refractivity contribution >= 4 is 15.7 Å². The second kappa shape index (κ2) is 7.96. The number of anilines is 1. The minimum absolute atomic E-state index is 0.270. The number of nitrogens with zero attached hydrogens (tertiary/aromatic N) is 2. The first-order valence-corrected chi connectivity index (χ1v) is 10.6. The number of aryl methyl sites for hydroxylation is 3. The zero-order chi connectivity index (χ0) is 19.4. The van der Waals surface area contributed by atoms with Gasteiger partial charge in [-0.15, -0.1) is 0 Å². The Bertz CT molecular complexity index is 1020. The first-order chi connectivity index (χ1) is 12.9. The predicted octanol–water partition coefficient (Wildman–Crippen LogP) is 4.30. The zero-order valence-electron chi connectivity index (χ0n) is 15.9. The van der Waals surface area contributed by atoms with Crippen molar-refractivity contribution in [2.24, 2.45) is 0 Å². The maximum absolute atomic E-state index is 12.7. The van der Waals surface area contributed by atoms with Crippen LogP contribution in [0.15, 0.2) is 59.5 Å². The number of aromatic nitrogens is 2. The molecule has 0 aliphatic heterocycles. The van der Waals surface area contributed by atoms with Gasteiger partial charge >= 0.3 is 0 Å². The van der Waals surface area contributed by atoms with Crippen LogP contribution < -0.4 is 4.72 Å². The van der Waals surface area contributed by atoms with E-state index in [0.29, 0.717) is 12.2 Å². The lowest BCUT2D eigenvalue weighted by atomic mass is 10.1. The van der Waals surface area contributed by atoms with Crippen molar-refractivity contribution in [2.45, 2.75) is 45.1 Å². The van der Waals surface area contributed by atoms with E-state index in [0.717, 1.165) is 35.4 Å². The van der Waals surface area contributed by atoms with Gasteiger partial charge in [0.2, 0.25) is 0 Å². The summed E-state index contributed by atoms with van der Waals surface area (Å²) < 4.78 is 29.9. The molecule has 0 amide bonds. The summed E-state index contributed by atoms with van der Waals surface area (Å²) in [6.45, 7) is 6.67. The molecule has 1 N–H and O–H groups in total. The Morgan fingerprint density at radius 3 is 2.37 bits per heavy atom. The highest BCUT2D eigenvalue weighted by Gasteiger charge is 2.14. The van der Waals surface area contributed by atoms with Crippen LogP contribution in [0.3, 0.4) is 0 Å². The third-order valence-electron chi connectivity index (χ3n) is 4.39. The van der Waals surface area contributed by atoms with Gasteiger partial charge in [0.05, 0.1) is 17.1 Å². The molecular weight excluding hydrogens is 358 g/mol. The summed E-state index contributed by atoms with van der Waals surface area (Å²) in [6, 6.07) is 16.5. The Hall–Kier alpha value is -2.60. The van der Waals surface area contributed by atoms with E-state index < -0.39 is 10.0 Å². The molecule has 0 aliphatic rings. The van der Waals surface area contributed by atoms with Crippen molar-refractivity contribution in [2.75, 3.05) is 4.72 Å². The van der Waals surface area contributed by atoms with Gasteiger partial charge < -0.3 is 0 Å². The van der Waals surface area contributed by atoms with Gasteiger partial charge in [-0.1, -0.05) is 37.6 Å². The maximum atomic E-state index is 12.7. The SMILES string of the molecule is CCCc1ccc(S(=O)(=O)Nc2cccc(Cn3nc(C)cc3C)c2)cc1. The molecule has 0 spiro atoms. The predicted molar refractivity (Wildman–Crippen MR) is 108 cm³/mol. The lowest BCUT2D eigenvalue weighted by Crippen LogP contribution is -2.13. The molecule has 0 fully saturated rings. The van der Waals surface area contributed by atoms with Crippen LogP contribution >= 0.6 is 0 Å². The second-order valence-electron chi connectivity index (χ2n) is 6.78. The van der Waals surface area contributed by atoms with Gasteiger partial charge in [0.25, 0.3) is 10.0 Å². The van der Waals surface area contributed by atoms with E-state index in [9.17, 15) is 8.42 Å². The lowest BCUT2D eigenvalue weighted by Gasteiger charge is -2.11. The van der Waals surface area contributed by atoms with E-state index in [2.05, 4.69) is 16.7 Å². The van der Waals surface area contributed by atoms with E-state index in [-0.39, 0.29) is 4.90 Å². The number of hydrogen-bond donors (Lipinski definition) is 1. The quantitative estimate of drug-likeness (QED) is 0.661. The molecule has 0 saturated heterocycles.